The van der Waals surface area contributed by atoms with Crippen LogP contribution in [0.15, 0.2) is 97.1 Å². The first-order valence-electron chi connectivity index (χ1n) is 12.2. The zero-order valence-corrected chi connectivity index (χ0v) is 20.0. The van der Waals surface area contributed by atoms with Crippen LogP contribution in [0.4, 0.5) is 0 Å². The topological polar surface area (TPSA) is 36.9 Å². The highest BCUT2D eigenvalue weighted by Crippen LogP contribution is 2.41. The van der Waals surface area contributed by atoms with E-state index in [9.17, 15) is 0 Å². The second-order valence-electron chi connectivity index (χ2n) is 8.60. The Hall–Kier alpha value is -3.92. The quantitative estimate of drug-likeness (QED) is 0.259. The summed E-state index contributed by atoms with van der Waals surface area (Å²) in [4.78, 5) is 0. The predicted molar refractivity (Wildman–Crippen MR) is 137 cm³/mol. The van der Waals surface area contributed by atoms with Crippen molar-refractivity contribution in [1.82, 2.24) is 0 Å². The fraction of sp³-hybridized carbons (Fsp3) is 0.226. The monoisotopic (exact) mass is 466 g/mol. The lowest BCUT2D eigenvalue weighted by Crippen LogP contribution is -2.16. The zero-order chi connectivity index (χ0) is 23.9. The van der Waals surface area contributed by atoms with Crippen molar-refractivity contribution in [2.45, 2.75) is 39.1 Å². The Morgan fingerprint density at radius 1 is 0.714 bits per heavy atom. The Morgan fingerprint density at radius 3 is 2.09 bits per heavy atom. The van der Waals surface area contributed by atoms with Gasteiger partial charge in [0.15, 0.2) is 0 Å². The maximum absolute atomic E-state index is 6.47. The standard InChI is InChI=1S/C31H30O4/c1-2-32-26-15-13-25-14-18-29(35-30(25)19-26)28-17-16-27(33-21-23-9-5-3-6-10-23)20-31(28)34-22-24-11-7-4-8-12-24/h3-13,15-17,19-20,29H,2,14,18,21-22H2,1H3. The van der Waals surface area contributed by atoms with Gasteiger partial charge < -0.3 is 18.9 Å². The summed E-state index contributed by atoms with van der Waals surface area (Å²) in [7, 11) is 0. The van der Waals surface area contributed by atoms with Crippen LogP contribution in [0.1, 0.15) is 41.7 Å². The van der Waals surface area contributed by atoms with Crippen LogP contribution in [0.25, 0.3) is 0 Å². The maximum atomic E-state index is 6.47. The largest absolute Gasteiger partial charge is 0.494 e. The van der Waals surface area contributed by atoms with Crippen molar-refractivity contribution in [2.75, 3.05) is 6.61 Å². The molecule has 35 heavy (non-hydrogen) atoms. The summed E-state index contributed by atoms with van der Waals surface area (Å²) in [6.45, 7) is 3.60. The molecule has 1 aliphatic rings. The van der Waals surface area contributed by atoms with Gasteiger partial charge in [0.2, 0.25) is 0 Å². The van der Waals surface area contributed by atoms with E-state index in [1.54, 1.807) is 0 Å². The molecule has 4 aromatic rings. The molecule has 0 aliphatic carbocycles. The van der Waals surface area contributed by atoms with Gasteiger partial charge in [0.05, 0.1) is 6.61 Å². The average molecular weight is 467 g/mol. The van der Waals surface area contributed by atoms with E-state index in [1.807, 2.05) is 67.6 Å². The Labute approximate surface area is 207 Å². The van der Waals surface area contributed by atoms with Crippen LogP contribution in [0.2, 0.25) is 0 Å². The van der Waals surface area contributed by atoms with Gasteiger partial charge >= 0.3 is 0 Å². The van der Waals surface area contributed by atoms with Crippen molar-refractivity contribution in [3.63, 3.8) is 0 Å². The summed E-state index contributed by atoms with van der Waals surface area (Å²) in [6, 6.07) is 32.5. The third-order valence-electron chi connectivity index (χ3n) is 6.11. The Kier molecular flexibility index (Phi) is 7.18. The van der Waals surface area contributed by atoms with E-state index in [0.29, 0.717) is 19.8 Å². The van der Waals surface area contributed by atoms with Crippen molar-refractivity contribution in [3.05, 3.63) is 119 Å². The first-order valence-corrected chi connectivity index (χ1v) is 12.2. The van der Waals surface area contributed by atoms with Gasteiger partial charge in [-0.2, -0.15) is 0 Å². The normalized spacial score (nSPS) is 14.5. The Morgan fingerprint density at radius 2 is 1.37 bits per heavy atom. The Bertz CT molecular complexity index is 1240. The summed E-state index contributed by atoms with van der Waals surface area (Å²) in [5, 5.41) is 0. The van der Waals surface area contributed by atoms with Gasteiger partial charge in [-0.15, -0.1) is 0 Å². The van der Waals surface area contributed by atoms with E-state index in [4.69, 9.17) is 18.9 Å². The molecule has 1 aliphatic heterocycles. The minimum Gasteiger partial charge on any atom is -0.494 e. The van der Waals surface area contributed by atoms with Gasteiger partial charge in [0.25, 0.3) is 0 Å². The van der Waals surface area contributed by atoms with Crippen LogP contribution in [0.3, 0.4) is 0 Å². The molecule has 1 unspecified atom stereocenters. The first-order chi connectivity index (χ1) is 17.3. The molecule has 0 spiro atoms. The van der Waals surface area contributed by atoms with Crippen molar-refractivity contribution in [1.29, 1.82) is 0 Å². The highest BCUT2D eigenvalue weighted by molar-refractivity contribution is 5.46. The lowest BCUT2D eigenvalue weighted by Gasteiger charge is -2.28. The zero-order valence-electron chi connectivity index (χ0n) is 20.0. The highest BCUT2D eigenvalue weighted by atomic mass is 16.5. The summed E-state index contributed by atoms with van der Waals surface area (Å²) >= 11 is 0. The summed E-state index contributed by atoms with van der Waals surface area (Å²) < 4.78 is 24.6. The smallest absolute Gasteiger partial charge is 0.130 e. The molecular formula is C31H30O4. The molecule has 4 heteroatoms. The summed E-state index contributed by atoms with van der Waals surface area (Å²) in [5.74, 6) is 3.27. The molecule has 0 saturated carbocycles. The van der Waals surface area contributed by atoms with Crippen molar-refractivity contribution < 1.29 is 18.9 Å². The number of fused-ring (bicyclic) bond motifs is 1. The fourth-order valence-electron chi connectivity index (χ4n) is 4.30. The SMILES string of the molecule is CCOc1ccc2c(c1)OC(c1ccc(OCc3ccccc3)cc1OCc1ccccc1)CC2. The second-order valence-corrected chi connectivity index (χ2v) is 8.60. The summed E-state index contributed by atoms with van der Waals surface area (Å²) in [6.07, 6.45) is 1.72. The molecule has 0 bridgehead atoms. The lowest BCUT2D eigenvalue weighted by molar-refractivity contribution is 0.168. The van der Waals surface area contributed by atoms with Crippen LogP contribution in [-0.2, 0) is 19.6 Å². The van der Waals surface area contributed by atoms with Gasteiger partial charge in [-0.25, -0.2) is 0 Å². The summed E-state index contributed by atoms with van der Waals surface area (Å²) in [5.41, 5.74) is 4.48. The number of rotatable bonds is 9. The van der Waals surface area contributed by atoms with Gasteiger partial charge in [0.1, 0.15) is 42.3 Å². The first kappa shape index (κ1) is 22.9. The van der Waals surface area contributed by atoms with Crippen LogP contribution < -0.4 is 18.9 Å². The molecule has 0 aromatic heterocycles. The lowest BCUT2D eigenvalue weighted by atomic mass is 9.96. The van der Waals surface area contributed by atoms with E-state index < -0.39 is 0 Å². The molecule has 0 saturated heterocycles. The number of hydrogen-bond donors (Lipinski definition) is 0. The van der Waals surface area contributed by atoms with Gasteiger partial charge in [-0.3, -0.25) is 0 Å². The third kappa shape index (κ3) is 5.78. The second kappa shape index (κ2) is 11.0. The number of hydrogen-bond acceptors (Lipinski definition) is 4. The molecule has 1 heterocycles. The van der Waals surface area contributed by atoms with Crippen molar-refractivity contribution in [3.8, 4) is 23.0 Å². The maximum Gasteiger partial charge on any atom is 0.130 e. The molecule has 0 N–H and O–H groups in total. The highest BCUT2D eigenvalue weighted by Gasteiger charge is 2.25. The van der Waals surface area contributed by atoms with Crippen LogP contribution in [0.5, 0.6) is 23.0 Å². The van der Waals surface area contributed by atoms with Crippen LogP contribution in [-0.4, -0.2) is 6.61 Å². The van der Waals surface area contributed by atoms with E-state index in [2.05, 4.69) is 36.4 Å². The molecule has 5 rings (SSSR count). The number of benzene rings is 4. The minimum atomic E-state index is -0.103. The predicted octanol–water partition coefficient (Wildman–Crippen LogP) is 7.31. The molecule has 0 fully saturated rings. The minimum absolute atomic E-state index is 0.103. The van der Waals surface area contributed by atoms with E-state index in [-0.39, 0.29) is 6.10 Å². The van der Waals surface area contributed by atoms with Crippen molar-refractivity contribution in [2.24, 2.45) is 0 Å². The van der Waals surface area contributed by atoms with Crippen molar-refractivity contribution >= 4 is 0 Å². The van der Waals surface area contributed by atoms with Gasteiger partial charge in [-0.05, 0) is 54.7 Å². The molecule has 4 nitrogen and oxygen atoms in total. The fourth-order valence-corrected chi connectivity index (χ4v) is 4.30. The van der Waals surface area contributed by atoms with E-state index >= 15 is 0 Å². The van der Waals surface area contributed by atoms with Crippen LogP contribution in [0, 0.1) is 0 Å². The third-order valence-corrected chi connectivity index (χ3v) is 6.11. The van der Waals surface area contributed by atoms with Gasteiger partial charge in [0, 0.05) is 17.7 Å². The number of ether oxygens (including phenoxy) is 4. The molecular weight excluding hydrogens is 436 g/mol. The molecule has 0 amide bonds. The average Bonchev–Trinajstić information content (AvgIpc) is 2.92. The Balaban J connectivity index is 1.38. The van der Waals surface area contributed by atoms with E-state index in [0.717, 1.165) is 52.5 Å². The van der Waals surface area contributed by atoms with Gasteiger partial charge in [-0.1, -0.05) is 66.7 Å². The molecule has 1 atom stereocenters. The van der Waals surface area contributed by atoms with E-state index in [1.165, 1.54) is 5.56 Å². The van der Waals surface area contributed by atoms with Crippen LogP contribution >= 0.6 is 0 Å². The molecule has 178 valence electrons. The molecule has 0 radical (unpaired) electrons. The number of aryl methyl sites for hydroxylation is 1. The molecule has 4 aromatic carbocycles.